The van der Waals surface area contributed by atoms with E-state index in [4.69, 9.17) is 11.6 Å². The van der Waals surface area contributed by atoms with Crippen LogP contribution in [0, 0.1) is 6.92 Å². The van der Waals surface area contributed by atoms with Crippen LogP contribution < -0.4 is 5.32 Å². The molecule has 0 bridgehead atoms. The molecular weight excluding hydrogens is 248 g/mol. The van der Waals surface area contributed by atoms with Gasteiger partial charge in [0.1, 0.15) is 5.69 Å². The van der Waals surface area contributed by atoms with Crippen molar-refractivity contribution in [3.63, 3.8) is 0 Å². The smallest absolute Gasteiger partial charge is 0.270 e. The first kappa shape index (κ1) is 12.6. The molecule has 0 fully saturated rings. The molecule has 1 amide bonds. The minimum Gasteiger partial charge on any atom is -0.347 e. The van der Waals surface area contributed by atoms with Gasteiger partial charge in [-0.2, -0.15) is 0 Å². The topological polar surface area (TPSA) is 42.0 Å². The van der Waals surface area contributed by atoms with Crippen molar-refractivity contribution in [3.8, 4) is 0 Å². The number of carbonyl (C=O) groups is 1. The Morgan fingerprint density at radius 1 is 1.22 bits per heavy atom. The zero-order valence-corrected chi connectivity index (χ0v) is 10.7. The number of aryl methyl sites for hydroxylation is 1. The molecule has 18 heavy (non-hydrogen) atoms. The molecule has 2 aromatic rings. The van der Waals surface area contributed by atoms with Crippen LogP contribution >= 0.6 is 11.6 Å². The Morgan fingerprint density at radius 3 is 2.72 bits per heavy atom. The number of nitrogens with one attached hydrogen (secondary N) is 1. The quantitative estimate of drug-likeness (QED) is 0.922. The van der Waals surface area contributed by atoms with Crippen LogP contribution in [0.1, 0.15) is 21.7 Å². The van der Waals surface area contributed by atoms with Crippen molar-refractivity contribution in [1.29, 1.82) is 0 Å². The molecule has 0 aliphatic carbocycles. The van der Waals surface area contributed by atoms with Crippen molar-refractivity contribution < 1.29 is 4.79 Å². The zero-order chi connectivity index (χ0) is 13.0. The van der Waals surface area contributed by atoms with Crippen molar-refractivity contribution in [1.82, 2.24) is 10.3 Å². The molecule has 1 aromatic heterocycles. The summed E-state index contributed by atoms with van der Waals surface area (Å²) < 4.78 is 0. The maximum Gasteiger partial charge on any atom is 0.270 e. The Morgan fingerprint density at radius 2 is 2.00 bits per heavy atom. The van der Waals surface area contributed by atoms with Crippen LogP contribution in [0.4, 0.5) is 0 Å². The van der Waals surface area contributed by atoms with E-state index in [9.17, 15) is 4.79 Å². The number of rotatable bonds is 3. The van der Waals surface area contributed by atoms with Gasteiger partial charge in [-0.1, -0.05) is 35.9 Å². The van der Waals surface area contributed by atoms with Crippen LogP contribution in [0.25, 0.3) is 0 Å². The summed E-state index contributed by atoms with van der Waals surface area (Å²) in [4.78, 5) is 16.0. The van der Waals surface area contributed by atoms with E-state index in [1.807, 2.05) is 37.3 Å². The molecule has 0 aliphatic rings. The monoisotopic (exact) mass is 260 g/mol. The number of aromatic nitrogens is 1. The van der Waals surface area contributed by atoms with Crippen molar-refractivity contribution in [2.45, 2.75) is 13.5 Å². The van der Waals surface area contributed by atoms with Crippen LogP contribution in [-0.4, -0.2) is 10.9 Å². The van der Waals surface area contributed by atoms with Gasteiger partial charge in [0.15, 0.2) is 0 Å². The molecule has 1 aromatic carbocycles. The third-order valence-electron chi connectivity index (χ3n) is 2.52. The molecule has 0 radical (unpaired) electrons. The van der Waals surface area contributed by atoms with E-state index >= 15 is 0 Å². The molecule has 0 saturated carbocycles. The second kappa shape index (κ2) is 5.65. The third-order valence-corrected chi connectivity index (χ3v) is 2.89. The third kappa shape index (κ3) is 3.08. The fraction of sp³-hybridized carbons (Fsp3) is 0.143. The summed E-state index contributed by atoms with van der Waals surface area (Å²) >= 11 is 6.01. The molecule has 92 valence electrons. The predicted molar refractivity (Wildman–Crippen MR) is 71.6 cm³/mol. The van der Waals surface area contributed by atoms with Gasteiger partial charge in [-0.05, 0) is 30.7 Å². The Hall–Kier alpha value is -1.87. The maximum absolute atomic E-state index is 11.9. The van der Waals surface area contributed by atoms with E-state index in [0.717, 1.165) is 11.3 Å². The number of carbonyl (C=O) groups excluding carboxylic acids is 1. The minimum absolute atomic E-state index is 0.196. The number of halogens is 1. The number of amides is 1. The Bertz CT molecular complexity index is 569. The molecule has 0 unspecified atom stereocenters. The summed E-state index contributed by atoms with van der Waals surface area (Å²) in [6.07, 6.45) is 0. The largest absolute Gasteiger partial charge is 0.347 e. The lowest BCUT2D eigenvalue weighted by atomic mass is 10.2. The van der Waals surface area contributed by atoms with Crippen molar-refractivity contribution in [2.75, 3.05) is 0 Å². The second-order valence-electron chi connectivity index (χ2n) is 3.94. The van der Waals surface area contributed by atoms with E-state index in [1.165, 1.54) is 0 Å². The van der Waals surface area contributed by atoms with Crippen molar-refractivity contribution in [3.05, 3.63) is 64.4 Å². The highest BCUT2D eigenvalue weighted by Gasteiger charge is 2.07. The lowest BCUT2D eigenvalue weighted by molar-refractivity contribution is 0.0945. The molecule has 3 nitrogen and oxygen atoms in total. The Balaban J connectivity index is 2.03. The van der Waals surface area contributed by atoms with Crippen LogP contribution in [-0.2, 0) is 6.54 Å². The highest BCUT2D eigenvalue weighted by atomic mass is 35.5. The van der Waals surface area contributed by atoms with Gasteiger partial charge in [-0.25, -0.2) is 4.98 Å². The molecule has 4 heteroatoms. The zero-order valence-electron chi connectivity index (χ0n) is 9.98. The van der Waals surface area contributed by atoms with Gasteiger partial charge in [0.05, 0.1) is 0 Å². The van der Waals surface area contributed by atoms with E-state index in [0.29, 0.717) is 17.3 Å². The summed E-state index contributed by atoms with van der Waals surface area (Å²) in [6.45, 7) is 2.25. The van der Waals surface area contributed by atoms with Gasteiger partial charge in [-0.3, -0.25) is 4.79 Å². The lowest BCUT2D eigenvalue weighted by Gasteiger charge is -2.06. The van der Waals surface area contributed by atoms with Gasteiger partial charge in [0, 0.05) is 17.3 Å². The second-order valence-corrected chi connectivity index (χ2v) is 4.35. The van der Waals surface area contributed by atoms with Gasteiger partial charge in [-0.15, -0.1) is 0 Å². The van der Waals surface area contributed by atoms with Gasteiger partial charge < -0.3 is 5.32 Å². The number of nitrogens with zero attached hydrogens (tertiary/aromatic N) is 1. The first-order valence-corrected chi connectivity index (χ1v) is 6.00. The molecule has 0 saturated heterocycles. The number of hydrogen-bond donors (Lipinski definition) is 1. The molecular formula is C14H13ClN2O. The standard InChI is InChI=1S/C14H13ClN2O/c1-10-5-4-8-13(17-10)14(18)16-9-11-6-2-3-7-12(11)15/h2-8H,9H2,1H3,(H,16,18). The molecule has 1 N–H and O–H groups in total. The number of benzene rings is 1. The highest BCUT2D eigenvalue weighted by Crippen LogP contribution is 2.14. The van der Waals surface area contributed by atoms with E-state index in [2.05, 4.69) is 10.3 Å². The van der Waals surface area contributed by atoms with Crippen molar-refractivity contribution >= 4 is 17.5 Å². The number of pyridine rings is 1. The van der Waals surface area contributed by atoms with Gasteiger partial charge in [0.25, 0.3) is 5.91 Å². The van der Waals surface area contributed by atoms with E-state index in [1.54, 1.807) is 12.1 Å². The van der Waals surface area contributed by atoms with Gasteiger partial charge >= 0.3 is 0 Å². The average Bonchev–Trinajstić information content (AvgIpc) is 2.37. The SMILES string of the molecule is Cc1cccc(C(=O)NCc2ccccc2Cl)n1. The fourth-order valence-corrected chi connectivity index (χ4v) is 1.78. The highest BCUT2D eigenvalue weighted by molar-refractivity contribution is 6.31. The molecule has 0 spiro atoms. The first-order valence-electron chi connectivity index (χ1n) is 5.62. The first-order chi connectivity index (χ1) is 8.66. The molecule has 0 aliphatic heterocycles. The van der Waals surface area contributed by atoms with E-state index in [-0.39, 0.29) is 5.91 Å². The molecule has 0 atom stereocenters. The summed E-state index contributed by atoms with van der Waals surface area (Å²) in [5.41, 5.74) is 2.13. The average molecular weight is 261 g/mol. The minimum atomic E-state index is -0.196. The van der Waals surface area contributed by atoms with Crippen LogP contribution in [0.3, 0.4) is 0 Å². The molecule has 2 rings (SSSR count). The Labute approximate surface area is 111 Å². The Kier molecular flexibility index (Phi) is 3.95. The number of hydrogen-bond acceptors (Lipinski definition) is 2. The summed E-state index contributed by atoms with van der Waals surface area (Å²) in [6, 6.07) is 12.8. The predicted octanol–water partition coefficient (Wildman–Crippen LogP) is 2.97. The lowest BCUT2D eigenvalue weighted by Crippen LogP contribution is -2.24. The molecule has 1 heterocycles. The maximum atomic E-state index is 11.9. The van der Waals surface area contributed by atoms with Crippen LogP contribution in [0.5, 0.6) is 0 Å². The normalized spacial score (nSPS) is 10.1. The summed E-state index contributed by atoms with van der Waals surface area (Å²) in [5, 5.41) is 3.45. The van der Waals surface area contributed by atoms with Crippen LogP contribution in [0.15, 0.2) is 42.5 Å². The van der Waals surface area contributed by atoms with Crippen molar-refractivity contribution in [2.24, 2.45) is 0 Å². The van der Waals surface area contributed by atoms with E-state index < -0.39 is 0 Å². The van der Waals surface area contributed by atoms with Gasteiger partial charge in [0.2, 0.25) is 0 Å². The fourth-order valence-electron chi connectivity index (χ4n) is 1.58. The van der Waals surface area contributed by atoms with Crippen LogP contribution in [0.2, 0.25) is 5.02 Å². The summed E-state index contributed by atoms with van der Waals surface area (Å²) in [7, 11) is 0. The summed E-state index contributed by atoms with van der Waals surface area (Å²) in [5.74, 6) is -0.196.